The van der Waals surface area contributed by atoms with Gasteiger partial charge in [0.25, 0.3) is 0 Å². The van der Waals surface area contributed by atoms with Gasteiger partial charge in [-0.3, -0.25) is 4.98 Å². The van der Waals surface area contributed by atoms with E-state index in [2.05, 4.69) is 37.1 Å². The van der Waals surface area contributed by atoms with Gasteiger partial charge in [-0.05, 0) is 32.5 Å². The Hall–Kier alpha value is -1.15. The van der Waals surface area contributed by atoms with Gasteiger partial charge in [0, 0.05) is 6.20 Å². The van der Waals surface area contributed by atoms with Gasteiger partial charge in [-0.1, -0.05) is 24.6 Å². The molecule has 0 amide bonds. The SMILES string of the molecule is CCNC(C=C(C)C)c1ccccn1. The number of allylic oxidation sites excluding steroid dienone is 1. The van der Waals surface area contributed by atoms with E-state index in [9.17, 15) is 0 Å². The summed E-state index contributed by atoms with van der Waals surface area (Å²) in [6.45, 7) is 7.26. The lowest BCUT2D eigenvalue weighted by Gasteiger charge is -2.13. The molecule has 1 aromatic rings. The van der Waals surface area contributed by atoms with Gasteiger partial charge in [-0.2, -0.15) is 0 Å². The van der Waals surface area contributed by atoms with Crippen molar-refractivity contribution in [2.24, 2.45) is 0 Å². The number of nitrogens with one attached hydrogen (secondary N) is 1. The quantitative estimate of drug-likeness (QED) is 0.738. The van der Waals surface area contributed by atoms with Crippen molar-refractivity contribution in [1.82, 2.24) is 10.3 Å². The van der Waals surface area contributed by atoms with Crippen LogP contribution in [-0.2, 0) is 0 Å². The second-order valence-electron chi connectivity index (χ2n) is 3.53. The Bertz CT molecular complexity index is 286. The van der Waals surface area contributed by atoms with Crippen molar-refractivity contribution in [2.45, 2.75) is 26.8 Å². The van der Waals surface area contributed by atoms with Gasteiger partial charge in [0.05, 0.1) is 11.7 Å². The molecule has 1 unspecified atom stereocenters. The number of nitrogens with zero attached hydrogens (tertiary/aromatic N) is 1. The number of likely N-dealkylation sites (N-methyl/N-ethyl adjacent to an activating group) is 1. The molecule has 0 aromatic carbocycles. The van der Waals surface area contributed by atoms with Crippen molar-refractivity contribution in [3.05, 3.63) is 41.7 Å². The van der Waals surface area contributed by atoms with E-state index in [0.717, 1.165) is 12.2 Å². The monoisotopic (exact) mass is 190 g/mol. The highest BCUT2D eigenvalue weighted by molar-refractivity contribution is 5.16. The van der Waals surface area contributed by atoms with Crippen molar-refractivity contribution in [1.29, 1.82) is 0 Å². The number of hydrogen-bond donors (Lipinski definition) is 1. The zero-order valence-electron chi connectivity index (χ0n) is 9.12. The molecule has 1 rings (SSSR count). The molecule has 0 spiro atoms. The summed E-state index contributed by atoms with van der Waals surface area (Å²) in [6, 6.07) is 6.25. The van der Waals surface area contributed by atoms with Crippen LogP contribution in [0.1, 0.15) is 32.5 Å². The molecule has 14 heavy (non-hydrogen) atoms. The molecule has 1 N–H and O–H groups in total. The summed E-state index contributed by atoms with van der Waals surface area (Å²) in [4.78, 5) is 4.34. The summed E-state index contributed by atoms with van der Waals surface area (Å²) >= 11 is 0. The molecular weight excluding hydrogens is 172 g/mol. The van der Waals surface area contributed by atoms with E-state index in [1.165, 1.54) is 5.57 Å². The van der Waals surface area contributed by atoms with Crippen LogP contribution in [0.4, 0.5) is 0 Å². The van der Waals surface area contributed by atoms with Gasteiger partial charge in [-0.15, -0.1) is 0 Å². The molecule has 0 bridgehead atoms. The number of rotatable bonds is 4. The molecule has 0 saturated heterocycles. The van der Waals surface area contributed by atoms with E-state index < -0.39 is 0 Å². The Morgan fingerprint density at radius 3 is 2.79 bits per heavy atom. The standard InChI is InChI=1S/C12H18N2/c1-4-13-12(9-10(2)3)11-7-5-6-8-14-11/h5-9,12-13H,4H2,1-3H3. The molecule has 1 heterocycles. The van der Waals surface area contributed by atoms with E-state index in [4.69, 9.17) is 0 Å². The van der Waals surface area contributed by atoms with Crippen LogP contribution in [0.3, 0.4) is 0 Å². The first-order chi connectivity index (χ1) is 6.74. The van der Waals surface area contributed by atoms with E-state index in [0.29, 0.717) is 0 Å². The Morgan fingerprint density at radius 2 is 2.29 bits per heavy atom. The molecule has 0 aliphatic rings. The molecule has 0 fully saturated rings. The lowest BCUT2D eigenvalue weighted by atomic mass is 10.1. The zero-order chi connectivity index (χ0) is 10.4. The summed E-state index contributed by atoms with van der Waals surface area (Å²) in [5.41, 5.74) is 2.39. The normalized spacial score (nSPS) is 12.2. The molecule has 0 aliphatic heterocycles. The molecule has 0 aliphatic carbocycles. The Kier molecular flexibility index (Phi) is 4.33. The van der Waals surface area contributed by atoms with Gasteiger partial charge in [0.15, 0.2) is 0 Å². The minimum Gasteiger partial charge on any atom is -0.306 e. The summed E-state index contributed by atoms with van der Waals surface area (Å²) in [5, 5.41) is 3.39. The third-order valence-electron chi connectivity index (χ3n) is 1.93. The highest BCUT2D eigenvalue weighted by atomic mass is 14.9. The second kappa shape index (κ2) is 5.55. The Labute approximate surface area is 86.1 Å². The van der Waals surface area contributed by atoms with Crippen molar-refractivity contribution < 1.29 is 0 Å². The van der Waals surface area contributed by atoms with Crippen LogP contribution in [0.25, 0.3) is 0 Å². The Morgan fingerprint density at radius 1 is 1.50 bits per heavy atom. The van der Waals surface area contributed by atoms with Crippen LogP contribution in [-0.4, -0.2) is 11.5 Å². The molecule has 1 aromatic heterocycles. The molecule has 2 nitrogen and oxygen atoms in total. The molecule has 1 atom stereocenters. The average Bonchev–Trinajstić information content (AvgIpc) is 2.18. The van der Waals surface area contributed by atoms with Crippen LogP contribution in [0.15, 0.2) is 36.0 Å². The second-order valence-corrected chi connectivity index (χ2v) is 3.53. The molecule has 2 heteroatoms. The first-order valence-electron chi connectivity index (χ1n) is 5.03. The maximum atomic E-state index is 4.34. The predicted molar refractivity (Wildman–Crippen MR) is 60.1 cm³/mol. The van der Waals surface area contributed by atoms with E-state index in [1.54, 1.807) is 0 Å². The van der Waals surface area contributed by atoms with E-state index >= 15 is 0 Å². The molecule has 0 saturated carbocycles. The van der Waals surface area contributed by atoms with Crippen LogP contribution in [0, 0.1) is 0 Å². The van der Waals surface area contributed by atoms with E-state index in [-0.39, 0.29) is 6.04 Å². The summed E-state index contributed by atoms with van der Waals surface area (Å²) < 4.78 is 0. The van der Waals surface area contributed by atoms with Crippen molar-refractivity contribution in [3.63, 3.8) is 0 Å². The minimum absolute atomic E-state index is 0.242. The summed E-state index contributed by atoms with van der Waals surface area (Å²) in [6.07, 6.45) is 4.03. The summed E-state index contributed by atoms with van der Waals surface area (Å²) in [5.74, 6) is 0. The topological polar surface area (TPSA) is 24.9 Å². The summed E-state index contributed by atoms with van der Waals surface area (Å²) in [7, 11) is 0. The third kappa shape index (κ3) is 3.30. The van der Waals surface area contributed by atoms with Crippen LogP contribution in [0.5, 0.6) is 0 Å². The van der Waals surface area contributed by atoms with Gasteiger partial charge in [0.1, 0.15) is 0 Å². The first kappa shape index (κ1) is 10.9. The molecule has 0 radical (unpaired) electrons. The highest BCUT2D eigenvalue weighted by Gasteiger charge is 2.06. The van der Waals surface area contributed by atoms with Gasteiger partial charge in [-0.25, -0.2) is 0 Å². The largest absolute Gasteiger partial charge is 0.306 e. The molecular formula is C12H18N2. The van der Waals surface area contributed by atoms with Gasteiger partial charge in [0.2, 0.25) is 0 Å². The lowest BCUT2D eigenvalue weighted by Crippen LogP contribution is -2.20. The van der Waals surface area contributed by atoms with Gasteiger partial charge >= 0.3 is 0 Å². The van der Waals surface area contributed by atoms with Crippen molar-refractivity contribution >= 4 is 0 Å². The number of aromatic nitrogens is 1. The fraction of sp³-hybridized carbons (Fsp3) is 0.417. The number of hydrogen-bond acceptors (Lipinski definition) is 2. The fourth-order valence-corrected chi connectivity index (χ4v) is 1.36. The fourth-order valence-electron chi connectivity index (χ4n) is 1.36. The smallest absolute Gasteiger partial charge is 0.0683 e. The third-order valence-corrected chi connectivity index (χ3v) is 1.93. The maximum absolute atomic E-state index is 4.34. The predicted octanol–water partition coefficient (Wildman–Crippen LogP) is 2.70. The number of pyridine rings is 1. The van der Waals surface area contributed by atoms with Gasteiger partial charge < -0.3 is 5.32 Å². The Balaban J connectivity index is 2.83. The van der Waals surface area contributed by atoms with E-state index in [1.807, 2.05) is 24.4 Å². The van der Waals surface area contributed by atoms with Crippen LogP contribution >= 0.6 is 0 Å². The maximum Gasteiger partial charge on any atom is 0.0683 e. The lowest BCUT2D eigenvalue weighted by molar-refractivity contribution is 0.629. The molecule has 76 valence electrons. The van der Waals surface area contributed by atoms with Crippen molar-refractivity contribution in [3.8, 4) is 0 Å². The zero-order valence-corrected chi connectivity index (χ0v) is 9.12. The minimum atomic E-state index is 0.242. The first-order valence-corrected chi connectivity index (χ1v) is 5.03. The van der Waals surface area contributed by atoms with Crippen molar-refractivity contribution in [2.75, 3.05) is 6.54 Å². The highest BCUT2D eigenvalue weighted by Crippen LogP contribution is 2.12. The van der Waals surface area contributed by atoms with Crippen LogP contribution < -0.4 is 5.32 Å². The average molecular weight is 190 g/mol. The van der Waals surface area contributed by atoms with Crippen LogP contribution in [0.2, 0.25) is 0 Å².